The molecule has 0 rings (SSSR count). The lowest BCUT2D eigenvalue weighted by atomic mass is 10.2. The summed E-state index contributed by atoms with van der Waals surface area (Å²) in [5, 5.41) is 8.20. The molecule has 0 radical (unpaired) electrons. The number of halogens is 1. The van der Waals surface area contributed by atoms with E-state index in [0.29, 0.717) is 13.0 Å². The van der Waals surface area contributed by atoms with Gasteiger partial charge in [0.2, 0.25) is 0 Å². The molecule has 0 saturated heterocycles. The van der Waals surface area contributed by atoms with Crippen LogP contribution in [0.15, 0.2) is 0 Å². The second-order valence-electron chi connectivity index (χ2n) is 2.05. The summed E-state index contributed by atoms with van der Waals surface area (Å²) in [4.78, 5) is 20.6. The van der Waals surface area contributed by atoms with Crippen molar-refractivity contribution in [2.24, 2.45) is 0 Å². The van der Waals surface area contributed by atoms with Crippen LogP contribution in [0.5, 0.6) is 0 Å². The number of rotatable bonds is 5. The van der Waals surface area contributed by atoms with Crippen molar-refractivity contribution in [1.29, 1.82) is 0 Å². The Labute approximate surface area is 77.3 Å². The molecule has 0 saturated carbocycles. The number of esters is 1. The average molecular weight is 196 g/mol. The van der Waals surface area contributed by atoms with Gasteiger partial charge < -0.3 is 22.3 Å². The van der Waals surface area contributed by atoms with Gasteiger partial charge in [-0.05, 0) is 13.3 Å². The molecule has 0 spiro atoms. The summed E-state index contributed by atoms with van der Waals surface area (Å²) in [6, 6.07) is 0. The first-order chi connectivity index (χ1) is 5.16. The Morgan fingerprint density at radius 1 is 1.33 bits per heavy atom. The molecule has 0 amide bonds. The molecule has 0 fully saturated rings. The van der Waals surface area contributed by atoms with Gasteiger partial charge in [-0.25, -0.2) is 0 Å². The molecule has 5 heteroatoms. The highest BCUT2D eigenvalue weighted by Gasteiger charge is 2.02. The summed E-state index contributed by atoms with van der Waals surface area (Å²) in [6.45, 7) is 2.07. The van der Waals surface area contributed by atoms with E-state index in [2.05, 4.69) is 4.74 Å². The van der Waals surface area contributed by atoms with Gasteiger partial charge in [-0.15, -0.1) is 0 Å². The Bertz CT molecular complexity index is 146. The average Bonchev–Trinajstić information content (AvgIpc) is 1.87. The third kappa shape index (κ3) is 9.23. The molecule has 0 aromatic carbocycles. The molecule has 0 aromatic heterocycles. The zero-order valence-corrected chi connectivity index (χ0v) is 7.63. The normalized spacial score (nSPS) is 8.42. The van der Waals surface area contributed by atoms with Crippen molar-refractivity contribution in [2.75, 3.05) is 6.61 Å². The van der Waals surface area contributed by atoms with E-state index < -0.39 is 5.97 Å². The van der Waals surface area contributed by atoms with Gasteiger partial charge in [0.1, 0.15) is 0 Å². The molecular weight excluding hydrogens is 184 g/mol. The summed E-state index contributed by atoms with van der Waals surface area (Å²) in [6.07, 6.45) is 0.577. The summed E-state index contributed by atoms with van der Waals surface area (Å²) in [7, 11) is 0. The number of carbonyl (C=O) groups is 2. The Morgan fingerprint density at radius 3 is 2.33 bits per heavy atom. The van der Waals surface area contributed by atoms with Gasteiger partial charge in [-0.2, -0.15) is 0 Å². The lowest BCUT2D eigenvalue weighted by Crippen LogP contribution is -3.00. The molecular formula is C7H12ClO4-. The van der Waals surface area contributed by atoms with Gasteiger partial charge in [0, 0.05) is 12.8 Å². The molecule has 0 atom stereocenters. The van der Waals surface area contributed by atoms with Crippen molar-refractivity contribution >= 4 is 11.9 Å². The van der Waals surface area contributed by atoms with Crippen LogP contribution in [-0.2, 0) is 14.3 Å². The predicted molar refractivity (Wildman–Crippen MR) is 38.1 cm³/mol. The lowest BCUT2D eigenvalue weighted by molar-refractivity contribution is -0.143. The van der Waals surface area contributed by atoms with Crippen molar-refractivity contribution in [3.63, 3.8) is 0 Å². The third-order valence-corrected chi connectivity index (χ3v) is 1.08. The maximum Gasteiger partial charge on any atom is 0.305 e. The molecule has 0 aromatic rings. The van der Waals surface area contributed by atoms with E-state index in [1.807, 2.05) is 0 Å². The van der Waals surface area contributed by atoms with Crippen LogP contribution in [0.2, 0.25) is 0 Å². The van der Waals surface area contributed by atoms with Crippen molar-refractivity contribution in [1.82, 2.24) is 0 Å². The number of aliphatic carboxylic acids is 1. The van der Waals surface area contributed by atoms with Crippen molar-refractivity contribution < 1.29 is 31.8 Å². The maximum absolute atomic E-state index is 10.6. The van der Waals surface area contributed by atoms with E-state index in [1.54, 1.807) is 6.92 Å². The van der Waals surface area contributed by atoms with Crippen LogP contribution in [0, 0.1) is 0 Å². The second-order valence-corrected chi connectivity index (χ2v) is 2.05. The maximum atomic E-state index is 10.6. The zero-order valence-electron chi connectivity index (χ0n) is 6.88. The van der Waals surface area contributed by atoms with E-state index in [0.717, 1.165) is 0 Å². The van der Waals surface area contributed by atoms with Gasteiger partial charge in [-0.1, -0.05) is 0 Å². The van der Waals surface area contributed by atoms with Crippen molar-refractivity contribution in [3.8, 4) is 0 Å². The van der Waals surface area contributed by atoms with Gasteiger partial charge >= 0.3 is 11.9 Å². The van der Waals surface area contributed by atoms with Crippen LogP contribution in [0.3, 0.4) is 0 Å². The number of hydrogen-bond acceptors (Lipinski definition) is 3. The number of carboxylic acids is 1. The molecule has 0 heterocycles. The SMILES string of the molecule is CCOC(=O)CCCC(=O)O.[Cl-]. The molecule has 0 bridgehead atoms. The number of carboxylic acid groups (broad SMARTS) is 1. The largest absolute Gasteiger partial charge is 1.00 e. The Hall–Kier alpha value is -0.770. The first-order valence-electron chi connectivity index (χ1n) is 3.54. The third-order valence-electron chi connectivity index (χ3n) is 1.08. The van der Waals surface area contributed by atoms with Gasteiger partial charge in [0.15, 0.2) is 0 Å². The Morgan fingerprint density at radius 2 is 1.92 bits per heavy atom. The highest BCUT2D eigenvalue weighted by Crippen LogP contribution is 1.96. The zero-order chi connectivity index (χ0) is 8.69. The van der Waals surface area contributed by atoms with Crippen LogP contribution >= 0.6 is 0 Å². The second kappa shape index (κ2) is 8.33. The van der Waals surface area contributed by atoms with Crippen LogP contribution in [0.4, 0.5) is 0 Å². The first-order valence-corrected chi connectivity index (χ1v) is 3.54. The molecule has 0 aliphatic heterocycles. The Balaban J connectivity index is 0. The molecule has 0 aliphatic rings. The van der Waals surface area contributed by atoms with E-state index in [-0.39, 0.29) is 31.2 Å². The molecule has 12 heavy (non-hydrogen) atoms. The van der Waals surface area contributed by atoms with Gasteiger partial charge in [0.25, 0.3) is 0 Å². The van der Waals surface area contributed by atoms with Crippen LogP contribution in [0.25, 0.3) is 0 Å². The monoisotopic (exact) mass is 195 g/mol. The molecule has 4 nitrogen and oxygen atoms in total. The van der Waals surface area contributed by atoms with E-state index in [1.165, 1.54) is 0 Å². The first kappa shape index (κ1) is 13.8. The smallest absolute Gasteiger partial charge is 0.305 e. The minimum absolute atomic E-state index is 0. The molecule has 72 valence electrons. The fourth-order valence-corrected chi connectivity index (χ4v) is 0.617. The van der Waals surface area contributed by atoms with Gasteiger partial charge in [-0.3, -0.25) is 9.59 Å². The van der Waals surface area contributed by atoms with Crippen molar-refractivity contribution in [2.45, 2.75) is 26.2 Å². The topological polar surface area (TPSA) is 63.6 Å². The highest BCUT2D eigenvalue weighted by molar-refractivity contribution is 5.71. The lowest BCUT2D eigenvalue weighted by Gasteiger charge is -1.98. The molecule has 0 aliphatic carbocycles. The fourth-order valence-electron chi connectivity index (χ4n) is 0.617. The minimum atomic E-state index is -0.880. The van der Waals surface area contributed by atoms with Crippen LogP contribution in [-0.4, -0.2) is 23.7 Å². The quantitative estimate of drug-likeness (QED) is 0.507. The number of carbonyl (C=O) groups excluding carboxylic acids is 1. The van der Waals surface area contributed by atoms with E-state index >= 15 is 0 Å². The molecule has 0 unspecified atom stereocenters. The summed E-state index contributed by atoms with van der Waals surface area (Å²) < 4.78 is 4.59. The Kier molecular flexibility index (Phi) is 9.57. The molecule has 1 N–H and O–H groups in total. The number of hydrogen-bond donors (Lipinski definition) is 1. The minimum Gasteiger partial charge on any atom is -1.00 e. The van der Waals surface area contributed by atoms with Crippen LogP contribution < -0.4 is 12.4 Å². The van der Waals surface area contributed by atoms with Crippen molar-refractivity contribution in [3.05, 3.63) is 0 Å². The van der Waals surface area contributed by atoms with E-state index in [4.69, 9.17) is 5.11 Å². The number of ether oxygens (including phenoxy) is 1. The van der Waals surface area contributed by atoms with Gasteiger partial charge in [0.05, 0.1) is 6.61 Å². The summed E-state index contributed by atoms with van der Waals surface area (Å²) in [5.41, 5.74) is 0. The fraction of sp³-hybridized carbons (Fsp3) is 0.714. The predicted octanol–water partition coefficient (Wildman–Crippen LogP) is -2.19. The summed E-state index contributed by atoms with van der Waals surface area (Å²) >= 11 is 0. The van der Waals surface area contributed by atoms with Crippen LogP contribution in [0.1, 0.15) is 26.2 Å². The summed E-state index contributed by atoms with van der Waals surface area (Å²) in [5.74, 6) is -1.21. The standard InChI is InChI=1S/C7H12O4.ClH/c1-2-11-7(10)5-3-4-6(8)9;/h2-5H2,1H3,(H,8,9);1H/p-1. The highest BCUT2D eigenvalue weighted by atomic mass is 35.5. The van der Waals surface area contributed by atoms with E-state index in [9.17, 15) is 9.59 Å².